The highest BCUT2D eigenvalue weighted by Crippen LogP contribution is 2.39. The van der Waals surface area contributed by atoms with Crippen LogP contribution in [0.3, 0.4) is 0 Å². The minimum absolute atomic E-state index is 0.146. The summed E-state index contributed by atoms with van der Waals surface area (Å²) in [6, 6.07) is 6.03. The molecule has 0 unspecified atom stereocenters. The van der Waals surface area contributed by atoms with Crippen LogP contribution in [0.15, 0.2) is 18.2 Å². The predicted molar refractivity (Wildman–Crippen MR) is 60.4 cm³/mol. The first-order chi connectivity index (χ1) is 7.25. The van der Waals surface area contributed by atoms with E-state index in [0.717, 1.165) is 24.2 Å². The summed E-state index contributed by atoms with van der Waals surface area (Å²) in [5, 5.41) is 3.78. The summed E-state index contributed by atoms with van der Waals surface area (Å²) in [5.41, 5.74) is 1.94. The molecule has 1 aliphatic heterocycles. The normalized spacial score (nSPS) is 19.8. The molecule has 1 saturated carbocycles. The second-order valence-electron chi connectivity index (χ2n) is 4.01. The molecule has 1 amide bonds. The SMILES string of the molecule is O=C1CNc2ccc(Cl)cc2N1C1CC1. The van der Waals surface area contributed by atoms with Crippen molar-refractivity contribution in [2.24, 2.45) is 0 Å². The van der Waals surface area contributed by atoms with Gasteiger partial charge in [-0.1, -0.05) is 11.6 Å². The summed E-state index contributed by atoms with van der Waals surface area (Å²) in [6.07, 6.45) is 2.22. The Bertz CT molecular complexity index is 429. The molecular formula is C11H11ClN2O. The minimum Gasteiger partial charge on any atom is -0.374 e. The van der Waals surface area contributed by atoms with Crippen molar-refractivity contribution in [3.63, 3.8) is 0 Å². The maximum atomic E-state index is 11.8. The van der Waals surface area contributed by atoms with Crippen molar-refractivity contribution in [2.45, 2.75) is 18.9 Å². The molecule has 1 N–H and O–H groups in total. The monoisotopic (exact) mass is 222 g/mol. The number of amides is 1. The molecule has 15 heavy (non-hydrogen) atoms. The highest BCUT2D eigenvalue weighted by Gasteiger charge is 2.36. The van der Waals surface area contributed by atoms with E-state index in [1.54, 1.807) is 0 Å². The first-order valence-electron chi connectivity index (χ1n) is 5.11. The van der Waals surface area contributed by atoms with Crippen LogP contribution in [0, 0.1) is 0 Å². The molecule has 0 radical (unpaired) electrons. The van der Waals surface area contributed by atoms with Gasteiger partial charge in [-0.2, -0.15) is 0 Å². The van der Waals surface area contributed by atoms with Gasteiger partial charge in [0.1, 0.15) is 0 Å². The molecular weight excluding hydrogens is 212 g/mol. The van der Waals surface area contributed by atoms with Crippen molar-refractivity contribution < 1.29 is 4.79 Å². The Kier molecular flexibility index (Phi) is 1.89. The van der Waals surface area contributed by atoms with Crippen molar-refractivity contribution in [2.75, 3.05) is 16.8 Å². The van der Waals surface area contributed by atoms with Gasteiger partial charge in [0.25, 0.3) is 0 Å². The van der Waals surface area contributed by atoms with Gasteiger partial charge in [-0.05, 0) is 31.0 Å². The Morgan fingerprint density at radius 3 is 2.93 bits per heavy atom. The van der Waals surface area contributed by atoms with Crippen LogP contribution >= 0.6 is 11.6 Å². The van der Waals surface area contributed by atoms with Gasteiger partial charge in [-0.15, -0.1) is 0 Å². The number of carbonyl (C=O) groups is 1. The molecule has 0 spiro atoms. The number of fused-ring (bicyclic) bond motifs is 1. The van der Waals surface area contributed by atoms with Gasteiger partial charge in [-0.3, -0.25) is 4.79 Å². The third-order valence-corrected chi connectivity index (χ3v) is 3.07. The smallest absolute Gasteiger partial charge is 0.246 e. The summed E-state index contributed by atoms with van der Waals surface area (Å²) in [5.74, 6) is 0.146. The molecule has 3 rings (SSSR count). The maximum Gasteiger partial charge on any atom is 0.246 e. The van der Waals surface area contributed by atoms with Gasteiger partial charge in [0.15, 0.2) is 0 Å². The van der Waals surface area contributed by atoms with E-state index >= 15 is 0 Å². The van der Waals surface area contributed by atoms with Crippen molar-refractivity contribution >= 4 is 28.9 Å². The number of nitrogens with zero attached hydrogens (tertiary/aromatic N) is 1. The first kappa shape index (κ1) is 9.04. The second-order valence-corrected chi connectivity index (χ2v) is 4.45. The quantitative estimate of drug-likeness (QED) is 0.791. The fourth-order valence-electron chi connectivity index (χ4n) is 1.98. The van der Waals surface area contributed by atoms with Gasteiger partial charge in [0.05, 0.1) is 17.9 Å². The summed E-state index contributed by atoms with van der Waals surface area (Å²) in [4.78, 5) is 13.7. The van der Waals surface area contributed by atoms with Crippen LogP contribution in [-0.4, -0.2) is 18.5 Å². The van der Waals surface area contributed by atoms with E-state index in [0.29, 0.717) is 17.6 Å². The van der Waals surface area contributed by atoms with E-state index in [9.17, 15) is 4.79 Å². The van der Waals surface area contributed by atoms with Gasteiger partial charge >= 0.3 is 0 Å². The molecule has 78 valence electrons. The Balaban J connectivity index is 2.08. The number of rotatable bonds is 1. The highest BCUT2D eigenvalue weighted by molar-refractivity contribution is 6.31. The summed E-state index contributed by atoms with van der Waals surface area (Å²) in [7, 11) is 0. The van der Waals surface area contributed by atoms with Gasteiger partial charge < -0.3 is 10.2 Å². The zero-order valence-corrected chi connectivity index (χ0v) is 8.92. The average Bonchev–Trinajstić information content (AvgIpc) is 3.01. The molecule has 1 fully saturated rings. The van der Waals surface area contributed by atoms with Crippen LogP contribution < -0.4 is 10.2 Å². The average molecular weight is 223 g/mol. The number of anilines is 2. The summed E-state index contributed by atoms with van der Waals surface area (Å²) in [6.45, 7) is 0.394. The van der Waals surface area contributed by atoms with Crippen LogP contribution in [0.2, 0.25) is 5.02 Å². The van der Waals surface area contributed by atoms with E-state index in [-0.39, 0.29) is 5.91 Å². The Morgan fingerprint density at radius 1 is 1.40 bits per heavy atom. The molecule has 0 atom stereocenters. The molecule has 3 nitrogen and oxygen atoms in total. The molecule has 1 heterocycles. The van der Waals surface area contributed by atoms with E-state index in [4.69, 9.17) is 11.6 Å². The zero-order chi connectivity index (χ0) is 10.4. The predicted octanol–water partition coefficient (Wildman–Crippen LogP) is 2.26. The molecule has 4 heteroatoms. The maximum absolute atomic E-state index is 11.8. The van der Waals surface area contributed by atoms with Crippen LogP contribution in [0.5, 0.6) is 0 Å². The number of benzene rings is 1. The molecule has 1 aromatic rings. The van der Waals surface area contributed by atoms with Crippen LogP contribution in [0.25, 0.3) is 0 Å². The fraction of sp³-hybridized carbons (Fsp3) is 0.364. The lowest BCUT2D eigenvalue weighted by molar-refractivity contribution is -0.117. The number of nitrogens with one attached hydrogen (secondary N) is 1. The van der Waals surface area contributed by atoms with Crippen molar-refractivity contribution in [3.8, 4) is 0 Å². The second kappa shape index (κ2) is 3.14. The third-order valence-electron chi connectivity index (χ3n) is 2.83. The fourth-order valence-corrected chi connectivity index (χ4v) is 2.14. The van der Waals surface area contributed by atoms with Crippen molar-refractivity contribution in [1.82, 2.24) is 0 Å². The third kappa shape index (κ3) is 1.47. The van der Waals surface area contributed by atoms with Crippen LogP contribution in [-0.2, 0) is 4.79 Å². The van der Waals surface area contributed by atoms with Gasteiger partial charge in [0, 0.05) is 11.1 Å². The molecule has 1 aliphatic carbocycles. The summed E-state index contributed by atoms with van der Waals surface area (Å²) < 4.78 is 0. The standard InChI is InChI=1S/C11H11ClN2O/c12-7-1-4-9-10(5-7)14(8-2-3-8)11(15)6-13-9/h1,4-5,8,13H,2-3,6H2. The zero-order valence-electron chi connectivity index (χ0n) is 8.16. The number of carbonyl (C=O) groups excluding carboxylic acids is 1. The highest BCUT2D eigenvalue weighted by atomic mass is 35.5. The number of hydrogen-bond acceptors (Lipinski definition) is 2. The Hall–Kier alpha value is -1.22. The van der Waals surface area contributed by atoms with Crippen LogP contribution in [0.1, 0.15) is 12.8 Å². The molecule has 0 aromatic heterocycles. The minimum atomic E-state index is 0.146. The van der Waals surface area contributed by atoms with Gasteiger partial charge in [-0.25, -0.2) is 0 Å². The lowest BCUT2D eigenvalue weighted by atomic mass is 10.2. The largest absolute Gasteiger partial charge is 0.374 e. The Labute approximate surface area is 93.0 Å². The lowest BCUT2D eigenvalue weighted by Gasteiger charge is -2.30. The molecule has 2 aliphatic rings. The Morgan fingerprint density at radius 2 is 2.20 bits per heavy atom. The van der Waals surface area contributed by atoms with Gasteiger partial charge in [0.2, 0.25) is 5.91 Å². The molecule has 0 bridgehead atoms. The number of hydrogen-bond donors (Lipinski definition) is 1. The lowest BCUT2D eigenvalue weighted by Crippen LogP contribution is -2.41. The van der Waals surface area contributed by atoms with Crippen molar-refractivity contribution in [3.05, 3.63) is 23.2 Å². The van der Waals surface area contributed by atoms with E-state index < -0.39 is 0 Å². The number of halogens is 1. The molecule has 1 aromatic carbocycles. The first-order valence-corrected chi connectivity index (χ1v) is 5.49. The molecule has 0 saturated heterocycles. The van der Waals surface area contributed by atoms with E-state index in [1.165, 1.54) is 0 Å². The topological polar surface area (TPSA) is 32.3 Å². The summed E-state index contributed by atoms with van der Waals surface area (Å²) >= 11 is 5.95. The van der Waals surface area contributed by atoms with E-state index in [2.05, 4.69) is 5.32 Å². The van der Waals surface area contributed by atoms with Crippen molar-refractivity contribution in [1.29, 1.82) is 0 Å². The van der Waals surface area contributed by atoms with E-state index in [1.807, 2.05) is 23.1 Å². The van der Waals surface area contributed by atoms with Crippen LogP contribution in [0.4, 0.5) is 11.4 Å².